The number of ether oxygens (including phenoxy) is 1. The van der Waals surface area contributed by atoms with Crippen LogP contribution in [0.4, 0.5) is 0 Å². The highest BCUT2D eigenvalue weighted by Gasteiger charge is 2.21. The number of carbonyl (C=O) groups excluding carboxylic acids is 1. The van der Waals surface area contributed by atoms with Crippen molar-refractivity contribution in [1.82, 2.24) is 0 Å². The normalized spacial score (nSPS) is 27.5. The van der Waals surface area contributed by atoms with E-state index in [2.05, 4.69) is 19.1 Å². The Hall–Kier alpha value is -0.790. The van der Waals surface area contributed by atoms with Crippen molar-refractivity contribution in [2.45, 2.75) is 26.7 Å². The van der Waals surface area contributed by atoms with Crippen LogP contribution in [0.5, 0.6) is 0 Å². The number of allylic oxidation sites excluding steroid dienone is 2. The number of esters is 1. The van der Waals surface area contributed by atoms with Gasteiger partial charge in [0.25, 0.3) is 0 Å². The van der Waals surface area contributed by atoms with E-state index in [1.54, 1.807) is 0 Å². The van der Waals surface area contributed by atoms with Gasteiger partial charge in [0.05, 0.1) is 13.0 Å². The van der Waals surface area contributed by atoms with Crippen LogP contribution in [0.2, 0.25) is 0 Å². The van der Waals surface area contributed by atoms with Gasteiger partial charge in [-0.25, -0.2) is 0 Å². The van der Waals surface area contributed by atoms with Crippen LogP contribution in [0.25, 0.3) is 0 Å². The van der Waals surface area contributed by atoms with Gasteiger partial charge in [-0.05, 0) is 25.2 Å². The first kappa shape index (κ1) is 9.30. The van der Waals surface area contributed by atoms with E-state index >= 15 is 0 Å². The number of rotatable bonds is 3. The molecule has 0 aromatic rings. The van der Waals surface area contributed by atoms with E-state index in [0.717, 1.165) is 6.42 Å². The van der Waals surface area contributed by atoms with E-state index in [0.29, 0.717) is 24.9 Å². The lowest BCUT2D eigenvalue weighted by molar-refractivity contribution is -0.144. The maximum atomic E-state index is 11.1. The molecule has 0 aliphatic heterocycles. The summed E-state index contributed by atoms with van der Waals surface area (Å²) in [6, 6.07) is 0. The smallest absolute Gasteiger partial charge is 0.306 e. The van der Waals surface area contributed by atoms with Gasteiger partial charge in [-0.15, -0.1) is 0 Å². The van der Waals surface area contributed by atoms with Crippen molar-refractivity contribution in [3.05, 3.63) is 12.2 Å². The molecule has 0 saturated heterocycles. The fraction of sp³-hybridized carbons (Fsp3) is 0.700. The van der Waals surface area contributed by atoms with Gasteiger partial charge < -0.3 is 4.74 Å². The second-order valence-electron chi connectivity index (χ2n) is 3.31. The van der Waals surface area contributed by atoms with Crippen LogP contribution < -0.4 is 0 Å². The van der Waals surface area contributed by atoms with Gasteiger partial charge in [0.1, 0.15) is 0 Å². The van der Waals surface area contributed by atoms with E-state index in [1.165, 1.54) is 0 Å². The maximum absolute atomic E-state index is 11.1. The van der Waals surface area contributed by atoms with Crippen LogP contribution in [0.1, 0.15) is 26.7 Å². The molecule has 0 aromatic heterocycles. The summed E-state index contributed by atoms with van der Waals surface area (Å²) >= 11 is 0. The summed E-state index contributed by atoms with van der Waals surface area (Å²) in [7, 11) is 0. The fourth-order valence-electron chi connectivity index (χ4n) is 1.51. The Kier molecular flexibility index (Phi) is 3.32. The summed E-state index contributed by atoms with van der Waals surface area (Å²) in [6.45, 7) is 4.50. The Morgan fingerprint density at radius 1 is 1.67 bits per heavy atom. The van der Waals surface area contributed by atoms with Gasteiger partial charge >= 0.3 is 5.97 Å². The van der Waals surface area contributed by atoms with Crippen molar-refractivity contribution in [2.24, 2.45) is 11.8 Å². The first-order valence-electron chi connectivity index (χ1n) is 4.56. The molecule has 0 amide bonds. The molecular weight excluding hydrogens is 152 g/mol. The Morgan fingerprint density at radius 3 is 2.92 bits per heavy atom. The predicted octanol–water partition coefficient (Wildman–Crippen LogP) is 2.15. The zero-order valence-corrected chi connectivity index (χ0v) is 7.75. The molecule has 2 heteroatoms. The summed E-state index contributed by atoms with van der Waals surface area (Å²) in [5, 5.41) is 0. The molecule has 68 valence electrons. The third-order valence-corrected chi connectivity index (χ3v) is 2.33. The molecule has 1 aliphatic rings. The molecule has 0 bridgehead atoms. The Labute approximate surface area is 73.6 Å². The van der Waals surface area contributed by atoms with E-state index < -0.39 is 0 Å². The molecular formula is C10H16O2. The van der Waals surface area contributed by atoms with E-state index in [4.69, 9.17) is 4.74 Å². The average molecular weight is 168 g/mol. The van der Waals surface area contributed by atoms with Gasteiger partial charge in [-0.2, -0.15) is 0 Å². The average Bonchev–Trinajstić information content (AvgIpc) is 2.37. The lowest BCUT2D eigenvalue weighted by atomic mass is 9.95. The second-order valence-corrected chi connectivity index (χ2v) is 3.31. The fourth-order valence-corrected chi connectivity index (χ4v) is 1.51. The molecule has 0 N–H and O–H groups in total. The topological polar surface area (TPSA) is 26.3 Å². The number of carbonyl (C=O) groups is 1. The molecule has 0 aromatic carbocycles. The summed E-state index contributed by atoms with van der Waals surface area (Å²) in [6.07, 6.45) is 5.92. The summed E-state index contributed by atoms with van der Waals surface area (Å²) in [4.78, 5) is 11.1. The molecule has 0 spiro atoms. The van der Waals surface area contributed by atoms with Crippen molar-refractivity contribution < 1.29 is 9.53 Å². The van der Waals surface area contributed by atoms with Gasteiger partial charge in [0, 0.05) is 0 Å². The SMILES string of the molecule is CCOC(=O)CC1C=CCC1C. The van der Waals surface area contributed by atoms with Gasteiger partial charge in [-0.3, -0.25) is 4.79 Å². The third-order valence-electron chi connectivity index (χ3n) is 2.33. The lowest BCUT2D eigenvalue weighted by Crippen LogP contribution is -2.13. The molecule has 1 aliphatic carbocycles. The van der Waals surface area contributed by atoms with Crippen molar-refractivity contribution in [3.8, 4) is 0 Å². The predicted molar refractivity (Wildman–Crippen MR) is 47.7 cm³/mol. The maximum Gasteiger partial charge on any atom is 0.306 e. The zero-order chi connectivity index (χ0) is 8.97. The molecule has 0 saturated carbocycles. The largest absolute Gasteiger partial charge is 0.466 e. The minimum absolute atomic E-state index is 0.0686. The van der Waals surface area contributed by atoms with Crippen LogP contribution in [0.15, 0.2) is 12.2 Å². The van der Waals surface area contributed by atoms with E-state index in [-0.39, 0.29) is 5.97 Å². The standard InChI is InChI=1S/C10H16O2/c1-3-12-10(11)7-9-6-4-5-8(9)2/h4,6,8-9H,3,5,7H2,1-2H3. The van der Waals surface area contributed by atoms with Crippen LogP contribution >= 0.6 is 0 Å². The minimum atomic E-state index is -0.0686. The van der Waals surface area contributed by atoms with Crippen LogP contribution in [-0.4, -0.2) is 12.6 Å². The van der Waals surface area contributed by atoms with Crippen LogP contribution in [-0.2, 0) is 9.53 Å². The van der Waals surface area contributed by atoms with E-state index in [1.807, 2.05) is 6.92 Å². The molecule has 0 radical (unpaired) electrons. The van der Waals surface area contributed by atoms with Crippen molar-refractivity contribution in [1.29, 1.82) is 0 Å². The first-order chi connectivity index (χ1) is 5.74. The summed E-state index contributed by atoms with van der Waals surface area (Å²) < 4.78 is 4.88. The quantitative estimate of drug-likeness (QED) is 0.477. The van der Waals surface area contributed by atoms with Crippen LogP contribution in [0.3, 0.4) is 0 Å². The molecule has 2 unspecified atom stereocenters. The summed E-state index contributed by atoms with van der Waals surface area (Å²) in [5.41, 5.74) is 0. The molecule has 2 nitrogen and oxygen atoms in total. The van der Waals surface area contributed by atoms with Gasteiger partial charge in [0.2, 0.25) is 0 Å². The highest BCUT2D eigenvalue weighted by atomic mass is 16.5. The third kappa shape index (κ3) is 2.36. The Bertz CT molecular complexity index is 184. The molecule has 1 rings (SSSR count). The lowest BCUT2D eigenvalue weighted by Gasteiger charge is -2.12. The molecule has 12 heavy (non-hydrogen) atoms. The Balaban J connectivity index is 2.30. The highest BCUT2D eigenvalue weighted by Crippen LogP contribution is 2.27. The second kappa shape index (κ2) is 4.29. The molecule has 0 heterocycles. The minimum Gasteiger partial charge on any atom is -0.466 e. The highest BCUT2D eigenvalue weighted by molar-refractivity contribution is 5.70. The number of hydrogen-bond donors (Lipinski definition) is 0. The molecule has 2 atom stereocenters. The number of hydrogen-bond acceptors (Lipinski definition) is 2. The van der Waals surface area contributed by atoms with Crippen LogP contribution in [0, 0.1) is 11.8 Å². The van der Waals surface area contributed by atoms with Crippen molar-refractivity contribution >= 4 is 5.97 Å². The monoisotopic (exact) mass is 168 g/mol. The van der Waals surface area contributed by atoms with Gasteiger partial charge in [-0.1, -0.05) is 19.1 Å². The van der Waals surface area contributed by atoms with Crippen molar-refractivity contribution in [3.63, 3.8) is 0 Å². The summed E-state index contributed by atoms with van der Waals surface area (Å²) in [5.74, 6) is 0.944. The Morgan fingerprint density at radius 2 is 2.42 bits per heavy atom. The first-order valence-corrected chi connectivity index (χ1v) is 4.56. The van der Waals surface area contributed by atoms with Crippen molar-refractivity contribution in [2.75, 3.05) is 6.61 Å². The zero-order valence-electron chi connectivity index (χ0n) is 7.75. The van der Waals surface area contributed by atoms with E-state index in [9.17, 15) is 4.79 Å². The molecule has 0 fully saturated rings. The van der Waals surface area contributed by atoms with Gasteiger partial charge in [0.15, 0.2) is 0 Å².